The van der Waals surface area contributed by atoms with Gasteiger partial charge in [-0.1, -0.05) is 18.7 Å². The van der Waals surface area contributed by atoms with Crippen molar-refractivity contribution in [2.45, 2.75) is 38.8 Å². The largest absolute Gasteiger partial charge is 0.368 e. The molecule has 2 atom stereocenters. The highest BCUT2D eigenvalue weighted by molar-refractivity contribution is 8.13. The molecule has 1 rings (SSSR count). The molecule has 1 aliphatic heterocycles. The standard InChI is InChI=1S/C9H17N3OS/c1-3-7(8(10)13)12-9-11-6(2)4-5-14-9/h6-7H,3-5H2,1-2H3,(H2,10,13)(H,11,12). The van der Waals surface area contributed by atoms with E-state index in [0.717, 1.165) is 17.3 Å². The smallest absolute Gasteiger partial charge is 0.239 e. The second kappa shape index (κ2) is 5.24. The van der Waals surface area contributed by atoms with Gasteiger partial charge in [0.2, 0.25) is 5.91 Å². The van der Waals surface area contributed by atoms with Crippen LogP contribution < -0.4 is 11.1 Å². The van der Waals surface area contributed by atoms with E-state index in [1.54, 1.807) is 11.8 Å². The van der Waals surface area contributed by atoms with Crippen molar-refractivity contribution < 1.29 is 4.79 Å². The fraction of sp³-hybridized carbons (Fsp3) is 0.778. The predicted octanol–water partition coefficient (Wildman–Crippen LogP) is 0.721. The number of carbonyl (C=O) groups excluding carboxylic acids is 1. The van der Waals surface area contributed by atoms with E-state index in [1.165, 1.54) is 0 Å². The lowest BCUT2D eigenvalue weighted by Crippen LogP contribution is -2.44. The number of primary amides is 1. The molecule has 0 aromatic rings. The molecule has 0 spiro atoms. The van der Waals surface area contributed by atoms with Crippen LogP contribution >= 0.6 is 11.8 Å². The summed E-state index contributed by atoms with van der Waals surface area (Å²) in [5.74, 6) is 0.747. The van der Waals surface area contributed by atoms with E-state index in [1.807, 2.05) is 6.92 Å². The van der Waals surface area contributed by atoms with Gasteiger partial charge in [-0.05, 0) is 19.8 Å². The Hall–Kier alpha value is -0.710. The summed E-state index contributed by atoms with van der Waals surface area (Å²) in [5.41, 5.74) is 5.23. The van der Waals surface area contributed by atoms with Gasteiger partial charge < -0.3 is 11.1 Å². The first-order valence-electron chi connectivity index (χ1n) is 4.90. The molecule has 3 N–H and O–H groups in total. The average molecular weight is 215 g/mol. The minimum atomic E-state index is -0.311. The van der Waals surface area contributed by atoms with Crippen molar-refractivity contribution in [2.75, 3.05) is 5.75 Å². The van der Waals surface area contributed by atoms with Crippen LogP contribution in [0, 0.1) is 0 Å². The van der Waals surface area contributed by atoms with Crippen LogP contribution in [0.15, 0.2) is 4.99 Å². The predicted molar refractivity (Wildman–Crippen MR) is 60.4 cm³/mol. The Labute approximate surface area is 88.7 Å². The van der Waals surface area contributed by atoms with E-state index in [2.05, 4.69) is 17.2 Å². The van der Waals surface area contributed by atoms with Crippen molar-refractivity contribution in [3.63, 3.8) is 0 Å². The minimum absolute atomic E-state index is 0.286. The molecule has 0 fully saturated rings. The maximum Gasteiger partial charge on any atom is 0.239 e. The molecule has 14 heavy (non-hydrogen) atoms. The third-order valence-electron chi connectivity index (χ3n) is 2.16. The Morgan fingerprint density at radius 2 is 2.57 bits per heavy atom. The van der Waals surface area contributed by atoms with Gasteiger partial charge in [0.15, 0.2) is 5.17 Å². The number of rotatable bonds is 3. The molecule has 1 aliphatic rings. The number of amidine groups is 1. The van der Waals surface area contributed by atoms with Gasteiger partial charge in [0.05, 0.1) is 6.04 Å². The second-order valence-corrected chi connectivity index (χ2v) is 4.51. The van der Waals surface area contributed by atoms with Crippen molar-refractivity contribution in [3.05, 3.63) is 0 Å². The monoisotopic (exact) mass is 215 g/mol. The third kappa shape index (κ3) is 3.21. The third-order valence-corrected chi connectivity index (χ3v) is 3.10. The van der Waals surface area contributed by atoms with Crippen molar-refractivity contribution in [2.24, 2.45) is 10.7 Å². The number of aliphatic imine (C=N–C) groups is 1. The molecular formula is C9H17N3OS. The van der Waals surface area contributed by atoms with Crippen LogP contribution in [0.2, 0.25) is 0 Å². The summed E-state index contributed by atoms with van der Waals surface area (Å²) in [6, 6.07) is 0.0654. The Bertz CT molecular complexity index is 242. The number of carbonyl (C=O) groups is 1. The van der Waals surface area contributed by atoms with E-state index in [-0.39, 0.29) is 11.9 Å². The molecule has 0 saturated carbocycles. The number of nitrogens with zero attached hydrogens (tertiary/aromatic N) is 1. The number of hydrogen-bond donors (Lipinski definition) is 2. The zero-order chi connectivity index (χ0) is 10.6. The zero-order valence-corrected chi connectivity index (χ0v) is 9.43. The number of nitrogens with two attached hydrogens (primary N) is 1. The fourth-order valence-electron chi connectivity index (χ4n) is 1.23. The molecule has 0 radical (unpaired) electrons. The van der Waals surface area contributed by atoms with Gasteiger partial charge in [0.1, 0.15) is 6.04 Å². The first kappa shape index (κ1) is 11.4. The molecule has 0 aromatic heterocycles. The van der Waals surface area contributed by atoms with E-state index >= 15 is 0 Å². The Morgan fingerprint density at radius 1 is 1.86 bits per heavy atom. The topological polar surface area (TPSA) is 67.5 Å². The summed E-state index contributed by atoms with van der Waals surface area (Å²) >= 11 is 1.66. The quantitative estimate of drug-likeness (QED) is 0.729. The summed E-state index contributed by atoms with van der Waals surface area (Å²) in [5, 5.41) is 3.93. The lowest BCUT2D eigenvalue weighted by molar-refractivity contribution is -0.119. The SMILES string of the molecule is CCC(NC1=NC(C)CCS1)C(N)=O. The molecule has 0 aromatic carbocycles. The maximum absolute atomic E-state index is 11.0. The van der Waals surface area contributed by atoms with Gasteiger partial charge >= 0.3 is 0 Å². The molecule has 4 nitrogen and oxygen atoms in total. The van der Waals surface area contributed by atoms with Crippen LogP contribution in [0.5, 0.6) is 0 Å². The molecule has 0 bridgehead atoms. The summed E-state index contributed by atoms with van der Waals surface area (Å²) in [4.78, 5) is 15.4. The Balaban J connectivity index is 2.53. The lowest BCUT2D eigenvalue weighted by atomic mass is 10.2. The highest BCUT2D eigenvalue weighted by atomic mass is 32.2. The molecule has 1 amide bonds. The molecular weight excluding hydrogens is 198 g/mol. The van der Waals surface area contributed by atoms with Crippen LogP contribution in [0.25, 0.3) is 0 Å². The summed E-state index contributed by atoms with van der Waals surface area (Å²) in [7, 11) is 0. The molecule has 0 aliphatic carbocycles. The van der Waals surface area contributed by atoms with Crippen molar-refractivity contribution >= 4 is 22.8 Å². The van der Waals surface area contributed by atoms with Crippen molar-refractivity contribution in [1.82, 2.24) is 5.32 Å². The molecule has 80 valence electrons. The Morgan fingerprint density at radius 3 is 3.07 bits per heavy atom. The highest BCUT2D eigenvalue weighted by Gasteiger charge is 2.17. The van der Waals surface area contributed by atoms with E-state index in [4.69, 9.17) is 5.73 Å². The van der Waals surface area contributed by atoms with E-state index < -0.39 is 0 Å². The summed E-state index contributed by atoms with van der Waals surface area (Å²) < 4.78 is 0. The molecule has 1 heterocycles. The number of amides is 1. The van der Waals surface area contributed by atoms with Gasteiger partial charge in [-0.2, -0.15) is 0 Å². The van der Waals surface area contributed by atoms with Gasteiger partial charge in [-0.3, -0.25) is 9.79 Å². The number of nitrogens with one attached hydrogen (secondary N) is 1. The number of thioether (sulfide) groups is 1. The first-order valence-corrected chi connectivity index (χ1v) is 5.88. The van der Waals surface area contributed by atoms with E-state index in [0.29, 0.717) is 12.5 Å². The molecule has 5 heteroatoms. The fourth-order valence-corrected chi connectivity index (χ4v) is 2.36. The Kier molecular flexibility index (Phi) is 4.25. The van der Waals surface area contributed by atoms with Crippen LogP contribution in [-0.4, -0.2) is 28.9 Å². The lowest BCUT2D eigenvalue weighted by Gasteiger charge is -2.21. The van der Waals surface area contributed by atoms with Crippen LogP contribution in [0.3, 0.4) is 0 Å². The highest BCUT2D eigenvalue weighted by Crippen LogP contribution is 2.16. The minimum Gasteiger partial charge on any atom is -0.368 e. The maximum atomic E-state index is 11.0. The summed E-state index contributed by atoms with van der Waals surface area (Å²) in [6.45, 7) is 4.01. The van der Waals surface area contributed by atoms with Crippen LogP contribution in [0.1, 0.15) is 26.7 Å². The first-order chi connectivity index (χ1) is 6.63. The van der Waals surface area contributed by atoms with Crippen molar-refractivity contribution in [1.29, 1.82) is 0 Å². The molecule has 2 unspecified atom stereocenters. The normalized spacial score (nSPS) is 23.9. The molecule has 0 saturated heterocycles. The van der Waals surface area contributed by atoms with Crippen LogP contribution in [-0.2, 0) is 4.79 Å². The van der Waals surface area contributed by atoms with E-state index in [9.17, 15) is 4.79 Å². The van der Waals surface area contributed by atoms with Gasteiger partial charge in [0.25, 0.3) is 0 Å². The number of hydrogen-bond acceptors (Lipinski definition) is 4. The van der Waals surface area contributed by atoms with Gasteiger partial charge in [-0.15, -0.1) is 0 Å². The summed E-state index contributed by atoms with van der Waals surface area (Å²) in [6.07, 6.45) is 1.80. The van der Waals surface area contributed by atoms with Crippen LogP contribution in [0.4, 0.5) is 0 Å². The average Bonchev–Trinajstić information content (AvgIpc) is 2.14. The van der Waals surface area contributed by atoms with Crippen molar-refractivity contribution in [3.8, 4) is 0 Å². The van der Waals surface area contributed by atoms with Gasteiger partial charge in [-0.25, -0.2) is 0 Å². The second-order valence-electron chi connectivity index (χ2n) is 3.43. The van der Waals surface area contributed by atoms with Gasteiger partial charge in [0, 0.05) is 5.75 Å². The zero-order valence-electron chi connectivity index (χ0n) is 8.62.